The number of hydrazone groups is 2. The van der Waals surface area contributed by atoms with Crippen LogP contribution < -0.4 is 42.2 Å². The van der Waals surface area contributed by atoms with Crippen molar-refractivity contribution in [3.63, 3.8) is 0 Å². The Bertz CT molecular complexity index is 1890. The molecule has 0 saturated carbocycles. The Labute approximate surface area is 364 Å². The highest BCUT2D eigenvalue weighted by molar-refractivity contribution is 6.10. The maximum Gasteiger partial charge on any atom is 0.251 e. The SMILES string of the molecule is C=CCCCOc1cc(C(N)=O)cc(N)c1N(C/C=C/CN(C(/C=C/C(C)=N\NCC)=NC)c1ccc(C(=O)NCCCN2CCCCC2)cc1C)C/C=C/C(C)=N\NCC. The maximum atomic E-state index is 13.3. The molecule has 61 heavy (non-hydrogen) atoms. The van der Waals surface area contributed by atoms with Crippen molar-refractivity contribution in [3.8, 4) is 5.75 Å². The van der Waals surface area contributed by atoms with Crippen LogP contribution in [0.25, 0.3) is 0 Å². The van der Waals surface area contributed by atoms with Gasteiger partial charge in [0.1, 0.15) is 17.3 Å². The van der Waals surface area contributed by atoms with Crippen molar-refractivity contribution in [2.24, 2.45) is 20.9 Å². The van der Waals surface area contributed by atoms with Crippen LogP contribution in [0.3, 0.4) is 0 Å². The van der Waals surface area contributed by atoms with Crippen LogP contribution in [-0.2, 0) is 0 Å². The summed E-state index contributed by atoms with van der Waals surface area (Å²) in [6.07, 6.45) is 20.1. The number of amides is 2. The standard InChI is InChI=1S/C47H71N11O3/c1-8-11-17-32-61-43-35-40(46(49)59)34-41(48)45(43)57(30-18-20-37(5)54-52-9-2)29-15-16-31-58(44(50-7)24-21-38(6)55-53-10-3)42-23-22-39(33-36(42)4)47(60)51-25-19-28-56-26-13-12-14-27-56/h8,15-16,18,20-24,33-35,52-53H,1,9-14,17,19,25-32,48H2,2-7H3,(H2,49,59)(H,51,60)/b16-15+,20-18+,24-21+,50-44?,54-37-,55-38-. The van der Waals surface area contributed by atoms with Gasteiger partial charge in [0.05, 0.1) is 23.7 Å². The number of amidine groups is 1. The fourth-order valence-corrected chi connectivity index (χ4v) is 6.79. The highest BCUT2D eigenvalue weighted by Gasteiger charge is 2.19. The van der Waals surface area contributed by atoms with Gasteiger partial charge in [-0.1, -0.05) is 30.7 Å². The molecule has 14 nitrogen and oxygen atoms in total. The van der Waals surface area contributed by atoms with Crippen molar-refractivity contribution in [1.82, 2.24) is 21.1 Å². The lowest BCUT2D eigenvalue weighted by atomic mass is 10.1. The number of allylic oxidation sites excluding steroid dienone is 3. The summed E-state index contributed by atoms with van der Waals surface area (Å²) in [4.78, 5) is 36.9. The number of carbonyl (C=O) groups is 2. The zero-order chi connectivity index (χ0) is 44.4. The molecule has 0 unspecified atom stereocenters. The molecule has 2 amide bonds. The molecule has 1 fully saturated rings. The fraction of sp³-hybridized carbons (Fsp3) is 0.468. The number of carbonyl (C=O) groups excluding carboxylic acids is 2. The van der Waals surface area contributed by atoms with E-state index in [4.69, 9.17) is 16.2 Å². The number of unbranched alkanes of at least 4 members (excludes halogenated alkanes) is 1. The number of aryl methyl sites for hydroxylation is 1. The van der Waals surface area contributed by atoms with Crippen LogP contribution in [0.4, 0.5) is 17.1 Å². The average molecular weight is 838 g/mol. The minimum Gasteiger partial charge on any atom is -0.491 e. The highest BCUT2D eigenvalue weighted by atomic mass is 16.5. The van der Waals surface area contributed by atoms with Gasteiger partial charge in [-0.2, -0.15) is 10.2 Å². The molecule has 0 aromatic heterocycles. The Hall–Kier alpha value is -5.89. The molecule has 0 bridgehead atoms. The molecular weight excluding hydrogens is 767 g/mol. The second kappa shape index (κ2) is 27.8. The van der Waals surface area contributed by atoms with E-state index in [-0.39, 0.29) is 11.5 Å². The lowest BCUT2D eigenvalue weighted by Gasteiger charge is -2.27. The summed E-state index contributed by atoms with van der Waals surface area (Å²) in [7, 11) is 1.76. The van der Waals surface area contributed by atoms with Crippen LogP contribution in [0, 0.1) is 6.92 Å². The van der Waals surface area contributed by atoms with Crippen LogP contribution in [0.1, 0.15) is 92.5 Å². The monoisotopic (exact) mass is 838 g/mol. The van der Waals surface area contributed by atoms with E-state index in [0.29, 0.717) is 67.9 Å². The summed E-state index contributed by atoms with van der Waals surface area (Å²) >= 11 is 0. The van der Waals surface area contributed by atoms with Gasteiger partial charge in [0.25, 0.3) is 5.91 Å². The first-order chi connectivity index (χ1) is 29.5. The molecule has 0 spiro atoms. The number of nitrogen functional groups attached to an aromatic ring is 1. The van der Waals surface area contributed by atoms with E-state index in [1.807, 2.05) is 83.2 Å². The van der Waals surface area contributed by atoms with Crippen LogP contribution in [0.15, 0.2) is 94.6 Å². The van der Waals surface area contributed by atoms with Crippen molar-refractivity contribution in [2.75, 3.05) is 88.1 Å². The van der Waals surface area contributed by atoms with Crippen LogP contribution in [0.2, 0.25) is 0 Å². The maximum absolute atomic E-state index is 13.3. The lowest BCUT2D eigenvalue weighted by Crippen LogP contribution is -2.33. The first kappa shape index (κ1) is 49.5. The molecule has 1 saturated heterocycles. The number of hydrogen-bond acceptors (Lipinski definition) is 11. The summed E-state index contributed by atoms with van der Waals surface area (Å²) in [5, 5.41) is 11.9. The fourth-order valence-electron chi connectivity index (χ4n) is 6.79. The minimum absolute atomic E-state index is 0.0799. The number of nitrogens with two attached hydrogens (primary N) is 2. The van der Waals surface area contributed by atoms with Crippen molar-refractivity contribution >= 4 is 46.1 Å². The van der Waals surface area contributed by atoms with E-state index in [0.717, 1.165) is 68.1 Å². The van der Waals surface area contributed by atoms with Gasteiger partial charge in [-0.15, -0.1) is 6.58 Å². The van der Waals surface area contributed by atoms with Gasteiger partial charge < -0.3 is 47.1 Å². The number of nitrogens with one attached hydrogen (secondary N) is 3. The largest absolute Gasteiger partial charge is 0.491 e. The quantitative estimate of drug-likeness (QED) is 0.0174. The third-order valence-electron chi connectivity index (χ3n) is 9.92. The van der Waals surface area contributed by atoms with E-state index in [2.05, 4.69) is 64.8 Å². The van der Waals surface area contributed by atoms with Crippen LogP contribution in [-0.4, -0.2) is 107 Å². The molecule has 1 heterocycles. The minimum atomic E-state index is -0.589. The molecule has 0 aliphatic carbocycles. The Morgan fingerprint density at radius 1 is 0.902 bits per heavy atom. The molecule has 2 aromatic carbocycles. The summed E-state index contributed by atoms with van der Waals surface area (Å²) in [6, 6.07) is 9.04. The van der Waals surface area contributed by atoms with E-state index in [9.17, 15) is 9.59 Å². The van der Waals surface area contributed by atoms with E-state index >= 15 is 0 Å². The zero-order valence-corrected chi connectivity index (χ0v) is 37.5. The van der Waals surface area contributed by atoms with Crippen LogP contribution in [0.5, 0.6) is 5.75 Å². The summed E-state index contributed by atoms with van der Waals surface area (Å²) in [5.41, 5.74) is 23.8. The van der Waals surface area contributed by atoms with Gasteiger partial charge in [-0.05, 0) is 140 Å². The molecule has 332 valence electrons. The summed E-state index contributed by atoms with van der Waals surface area (Å²) in [6.45, 7) is 20.8. The number of aliphatic imine (C=N–C) groups is 1. The zero-order valence-electron chi connectivity index (χ0n) is 37.5. The number of rotatable bonds is 26. The summed E-state index contributed by atoms with van der Waals surface area (Å²) in [5.74, 6) is 0.518. The number of hydrogen-bond donors (Lipinski definition) is 5. The smallest absolute Gasteiger partial charge is 0.251 e. The number of piperidine rings is 1. The molecular formula is C47H71N11O3. The van der Waals surface area contributed by atoms with E-state index < -0.39 is 5.91 Å². The first-order valence-electron chi connectivity index (χ1n) is 21.6. The summed E-state index contributed by atoms with van der Waals surface area (Å²) < 4.78 is 6.25. The molecule has 14 heteroatoms. The number of ether oxygens (including phenoxy) is 1. The molecule has 7 N–H and O–H groups in total. The molecule has 1 aliphatic rings. The second-order valence-corrected chi connectivity index (χ2v) is 14.9. The van der Waals surface area contributed by atoms with Gasteiger partial charge in [0.15, 0.2) is 0 Å². The van der Waals surface area contributed by atoms with E-state index in [1.165, 1.54) is 19.3 Å². The Morgan fingerprint density at radius 2 is 1.59 bits per heavy atom. The van der Waals surface area contributed by atoms with Crippen molar-refractivity contribution < 1.29 is 14.3 Å². The van der Waals surface area contributed by atoms with Gasteiger partial charge in [0, 0.05) is 63.1 Å². The molecule has 0 radical (unpaired) electrons. The number of primary amides is 1. The Morgan fingerprint density at radius 3 is 2.25 bits per heavy atom. The Balaban J connectivity index is 1.94. The van der Waals surface area contributed by atoms with Crippen molar-refractivity contribution in [1.29, 1.82) is 0 Å². The van der Waals surface area contributed by atoms with Gasteiger partial charge in [0.2, 0.25) is 5.91 Å². The van der Waals surface area contributed by atoms with Gasteiger partial charge in [-0.25, -0.2) is 0 Å². The predicted octanol–water partition coefficient (Wildman–Crippen LogP) is 6.61. The van der Waals surface area contributed by atoms with Crippen molar-refractivity contribution in [2.45, 2.75) is 73.1 Å². The molecule has 3 rings (SSSR count). The Kier molecular flexibility index (Phi) is 22.5. The van der Waals surface area contributed by atoms with E-state index in [1.54, 1.807) is 19.2 Å². The number of nitrogens with zero attached hydrogens (tertiary/aromatic N) is 6. The number of likely N-dealkylation sites (tertiary alicyclic amines) is 1. The van der Waals surface area contributed by atoms with Gasteiger partial charge >= 0.3 is 0 Å². The predicted molar refractivity (Wildman–Crippen MR) is 257 cm³/mol. The third kappa shape index (κ3) is 17.3. The highest BCUT2D eigenvalue weighted by Crippen LogP contribution is 2.36. The normalized spacial score (nSPS) is 14.2. The van der Waals surface area contributed by atoms with Crippen LogP contribution >= 0.6 is 0 Å². The average Bonchev–Trinajstić information content (AvgIpc) is 3.25. The number of anilines is 3. The molecule has 0 atom stereocenters. The second-order valence-electron chi connectivity index (χ2n) is 14.9. The van der Waals surface area contributed by atoms with Crippen molar-refractivity contribution in [3.05, 3.63) is 96.1 Å². The molecule has 2 aromatic rings. The number of benzene rings is 2. The lowest BCUT2D eigenvalue weighted by molar-refractivity contribution is 0.0949. The third-order valence-corrected chi connectivity index (χ3v) is 9.92. The van der Waals surface area contributed by atoms with Gasteiger partial charge in [-0.3, -0.25) is 14.6 Å². The topological polar surface area (TPSA) is 178 Å². The molecule has 1 aliphatic heterocycles. The first-order valence-corrected chi connectivity index (χ1v) is 21.6.